The average Bonchev–Trinajstić information content (AvgIpc) is 3.05. The first-order valence-electron chi connectivity index (χ1n) is 6.48. The fraction of sp³-hybridized carbons (Fsp3) is 0.357. The van der Waals surface area contributed by atoms with Gasteiger partial charge in [-0.2, -0.15) is 11.8 Å². The fourth-order valence-corrected chi connectivity index (χ4v) is 4.80. The van der Waals surface area contributed by atoms with Crippen LogP contribution < -0.4 is 11.1 Å². The minimum Gasteiger partial charge on any atom is -0.397 e. The Labute approximate surface area is 130 Å². The average molecular weight is 327 g/mol. The molecule has 1 atom stereocenters. The summed E-state index contributed by atoms with van der Waals surface area (Å²) < 4.78 is 0.994. The third-order valence-electron chi connectivity index (χ3n) is 3.47. The molecule has 1 unspecified atom stereocenters. The molecule has 0 spiro atoms. The van der Waals surface area contributed by atoms with E-state index in [1.165, 1.54) is 23.5 Å². The van der Waals surface area contributed by atoms with Gasteiger partial charge in [0.1, 0.15) is 4.88 Å². The number of thiophene rings is 1. The van der Waals surface area contributed by atoms with Crippen molar-refractivity contribution in [3.63, 3.8) is 0 Å². The van der Waals surface area contributed by atoms with Crippen molar-refractivity contribution in [1.82, 2.24) is 5.32 Å². The summed E-state index contributed by atoms with van der Waals surface area (Å²) in [7, 11) is 0. The molecule has 1 aliphatic heterocycles. The third-order valence-corrected chi connectivity index (χ3v) is 6.12. The maximum atomic E-state index is 12.3. The molecule has 6 heteroatoms. The van der Waals surface area contributed by atoms with E-state index in [2.05, 4.69) is 5.32 Å². The molecule has 20 heavy (non-hydrogen) atoms. The van der Waals surface area contributed by atoms with Crippen LogP contribution >= 0.6 is 34.7 Å². The van der Waals surface area contributed by atoms with Gasteiger partial charge in [-0.15, -0.1) is 11.3 Å². The number of halogens is 1. The summed E-state index contributed by atoms with van der Waals surface area (Å²) in [5, 5.41) is 4.50. The van der Waals surface area contributed by atoms with Crippen LogP contribution in [0.4, 0.5) is 5.69 Å². The van der Waals surface area contributed by atoms with Gasteiger partial charge in [0.15, 0.2) is 0 Å². The van der Waals surface area contributed by atoms with Crippen LogP contribution in [0.15, 0.2) is 18.2 Å². The van der Waals surface area contributed by atoms with Crippen molar-refractivity contribution in [2.45, 2.75) is 6.42 Å². The lowest BCUT2D eigenvalue weighted by Gasteiger charge is -2.09. The molecule has 0 bridgehead atoms. The van der Waals surface area contributed by atoms with Crippen molar-refractivity contribution in [2.24, 2.45) is 5.92 Å². The lowest BCUT2D eigenvalue weighted by atomic mass is 10.1. The number of benzene rings is 1. The van der Waals surface area contributed by atoms with Crippen LogP contribution in [0, 0.1) is 5.92 Å². The van der Waals surface area contributed by atoms with E-state index < -0.39 is 0 Å². The Hall–Kier alpha value is -0.910. The molecule has 3 rings (SSSR count). The number of thioether (sulfide) groups is 1. The summed E-state index contributed by atoms with van der Waals surface area (Å²) in [6.45, 7) is 0.736. The third kappa shape index (κ3) is 2.75. The molecule has 3 nitrogen and oxygen atoms in total. The normalized spacial score (nSPS) is 18.6. The first-order chi connectivity index (χ1) is 9.65. The number of carbonyl (C=O) groups is 1. The molecule has 2 heterocycles. The zero-order valence-electron chi connectivity index (χ0n) is 10.8. The summed E-state index contributed by atoms with van der Waals surface area (Å²) in [5.41, 5.74) is 6.61. The fourth-order valence-electron chi connectivity index (χ4n) is 2.32. The highest BCUT2D eigenvalue weighted by Gasteiger charge is 2.19. The van der Waals surface area contributed by atoms with Crippen molar-refractivity contribution in [3.05, 3.63) is 28.1 Å². The van der Waals surface area contributed by atoms with E-state index in [9.17, 15) is 4.79 Å². The predicted octanol–water partition coefficient (Wildman–Crippen LogP) is 3.62. The van der Waals surface area contributed by atoms with Crippen LogP contribution in [0.5, 0.6) is 0 Å². The molecular weight excluding hydrogens is 312 g/mol. The highest BCUT2D eigenvalue weighted by Crippen LogP contribution is 2.35. The molecule has 1 aliphatic rings. The maximum Gasteiger partial charge on any atom is 0.263 e. The second kappa shape index (κ2) is 5.84. The molecule has 1 aromatic carbocycles. The standard InChI is InChI=1S/C14H15ClN2OS2/c15-9-1-2-11-10(5-9)12(16)13(20-11)14(18)17-6-8-3-4-19-7-8/h1-2,5,8H,3-4,6-7,16H2,(H,17,18). The van der Waals surface area contributed by atoms with E-state index in [0.717, 1.165) is 22.4 Å². The van der Waals surface area contributed by atoms with Crippen molar-refractivity contribution in [2.75, 3.05) is 23.8 Å². The van der Waals surface area contributed by atoms with Gasteiger partial charge in [0.05, 0.1) is 5.69 Å². The van der Waals surface area contributed by atoms with Gasteiger partial charge in [-0.3, -0.25) is 4.79 Å². The van der Waals surface area contributed by atoms with Crippen molar-refractivity contribution >= 4 is 56.4 Å². The molecule has 1 aromatic heterocycles. The Morgan fingerprint density at radius 3 is 3.10 bits per heavy atom. The number of rotatable bonds is 3. The summed E-state index contributed by atoms with van der Waals surface area (Å²) in [5.74, 6) is 2.85. The molecule has 1 amide bonds. The summed E-state index contributed by atoms with van der Waals surface area (Å²) in [6, 6.07) is 5.54. The van der Waals surface area contributed by atoms with Crippen molar-refractivity contribution in [1.29, 1.82) is 0 Å². The molecule has 0 radical (unpaired) electrons. The van der Waals surface area contributed by atoms with E-state index >= 15 is 0 Å². The Kier molecular flexibility index (Phi) is 4.10. The van der Waals surface area contributed by atoms with E-state index in [1.807, 2.05) is 30.0 Å². The molecule has 1 fully saturated rings. The molecule has 2 aromatic rings. The van der Waals surface area contributed by atoms with Gasteiger partial charge < -0.3 is 11.1 Å². The number of carbonyl (C=O) groups excluding carboxylic acids is 1. The smallest absolute Gasteiger partial charge is 0.263 e. The Bertz CT molecular complexity index is 650. The zero-order valence-corrected chi connectivity index (χ0v) is 13.2. The minimum atomic E-state index is -0.0725. The van der Waals surface area contributed by atoms with Gasteiger partial charge in [-0.25, -0.2) is 0 Å². The van der Waals surface area contributed by atoms with Crippen LogP contribution in [0.2, 0.25) is 5.02 Å². The Morgan fingerprint density at radius 1 is 1.50 bits per heavy atom. The summed E-state index contributed by atoms with van der Waals surface area (Å²) in [4.78, 5) is 12.8. The predicted molar refractivity (Wildman–Crippen MR) is 89.0 cm³/mol. The zero-order chi connectivity index (χ0) is 14.1. The van der Waals surface area contributed by atoms with Crippen LogP contribution in [0.3, 0.4) is 0 Å². The second-order valence-corrected chi connectivity index (χ2v) is 7.56. The van der Waals surface area contributed by atoms with Gasteiger partial charge in [0.2, 0.25) is 0 Å². The molecule has 3 N–H and O–H groups in total. The minimum absolute atomic E-state index is 0.0725. The monoisotopic (exact) mass is 326 g/mol. The number of hydrogen-bond acceptors (Lipinski definition) is 4. The number of hydrogen-bond donors (Lipinski definition) is 2. The quantitative estimate of drug-likeness (QED) is 0.905. The van der Waals surface area contributed by atoms with Gasteiger partial charge in [0, 0.05) is 21.7 Å². The van der Waals surface area contributed by atoms with E-state index in [0.29, 0.717) is 21.5 Å². The van der Waals surface area contributed by atoms with Crippen molar-refractivity contribution in [3.8, 4) is 0 Å². The number of nitrogens with two attached hydrogens (primary N) is 1. The van der Waals surface area contributed by atoms with Gasteiger partial charge >= 0.3 is 0 Å². The molecule has 1 saturated heterocycles. The maximum absolute atomic E-state index is 12.3. The largest absolute Gasteiger partial charge is 0.397 e. The molecule has 106 valence electrons. The van der Waals surface area contributed by atoms with Crippen LogP contribution in [-0.2, 0) is 0 Å². The summed E-state index contributed by atoms with van der Waals surface area (Å²) in [6.07, 6.45) is 1.18. The highest BCUT2D eigenvalue weighted by molar-refractivity contribution is 7.99. The topological polar surface area (TPSA) is 55.1 Å². The van der Waals surface area contributed by atoms with Gasteiger partial charge in [0.25, 0.3) is 5.91 Å². The van der Waals surface area contributed by atoms with E-state index in [1.54, 1.807) is 0 Å². The second-order valence-electron chi connectivity index (χ2n) is 4.92. The van der Waals surface area contributed by atoms with Crippen LogP contribution in [0.1, 0.15) is 16.1 Å². The van der Waals surface area contributed by atoms with Crippen LogP contribution in [-0.4, -0.2) is 24.0 Å². The number of anilines is 1. The number of nitrogen functional groups attached to an aromatic ring is 1. The van der Waals surface area contributed by atoms with Crippen LogP contribution in [0.25, 0.3) is 10.1 Å². The Morgan fingerprint density at radius 2 is 2.35 bits per heavy atom. The number of amides is 1. The Balaban J connectivity index is 1.78. The summed E-state index contributed by atoms with van der Waals surface area (Å²) >= 11 is 9.35. The SMILES string of the molecule is Nc1c(C(=O)NCC2CCSC2)sc2ccc(Cl)cc12. The molecule has 0 aliphatic carbocycles. The first-order valence-corrected chi connectivity index (χ1v) is 8.83. The van der Waals surface area contributed by atoms with Gasteiger partial charge in [-0.1, -0.05) is 11.6 Å². The van der Waals surface area contributed by atoms with E-state index in [-0.39, 0.29) is 5.91 Å². The molecular formula is C14H15ClN2OS2. The lowest BCUT2D eigenvalue weighted by Crippen LogP contribution is -2.29. The number of fused-ring (bicyclic) bond motifs is 1. The molecule has 0 saturated carbocycles. The number of nitrogens with one attached hydrogen (secondary N) is 1. The first kappa shape index (κ1) is 14.0. The highest BCUT2D eigenvalue weighted by atomic mass is 35.5. The lowest BCUT2D eigenvalue weighted by molar-refractivity contribution is 0.0953. The van der Waals surface area contributed by atoms with Gasteiger partial charge in [-0.05, 0) is 42.0 Å². The van der Waals surface area contributed by atoms with Crippen molar-refractivity contribution < 1.29 is 4.79 Å². The van der Waals surface area contributed by atoms with E-state index in [4.69, 9.17) is 17.3 Å².